The molecule has 0 fully saturated rings. The van der Waals surface area contributed by atoms with Crippen molar-refractivity contribution in [2.45, 2.75) is 46.6 Å². The second kappa shape index (κ2) is 6.11. The maximum absolute atomic E-state index is 12.2. The number of carbonyl (C=O) groups is 1. The molecule has 1 aromatic carbocycles. The Morgan fingerprint density at radius 2 is 2.27 bits per heavy atom. The summed E-state index contributed by atoms with van der Waals surface area (Å²) in [5.41, 5.74) is 2.81. The Bertz CT molecular complexity index is 687. The average Bonchev–Trinajstić information content (AvgIpc) is 2.82. The zero-order valence-corrected chi connectivity index (χ0v) is 13.7. The van der Waals surface area contributed by atoms with Crippen LogP contribution in [0.5, 0.6) is 0 Å². The lowest BCUT2D eigenvalue weighted by molar-refractivity contribution is 0.0952. The molecule has 1 aliphatic heterocycles. The molecule has 0 radical (unpaired) electrons. The lowest BCUT2D eigenvalue weighted by Gasteiger charge is -2.19. The Labute approximate surface area is 131 Å². The molecule has 0 spiro atoms. The van der Waals surface area contributed by atoms with Gasteiger partial charge in [-0.05, 0) is 42.9 Å². The molecule has 1 aromatic heterocycles. The summed E-state index contributed by atoms with van der Waals surface area (Å²) in [5, 5.41) is 2.99. The van der Waals surface area contributed by atoms with Crippen LogP contribution in [0.4, 0.5) is 0 Å². The summed E-state index contributed by atoms with van der Waals surface area (Å²) >= 11 is 0. The highest BCUT2D eigenvalue weighted by Gasteiger charge is 2.19. The van der Waals surface area contributed by atoms with Crippen molar-refractivity contribution in [3.05, 3.63) is 29.6 Å². The molecule has 0 aliphatic carbocycles. The van der Waals surface area contributed by atoms with Gasteiger partial charge < -0.3 is 9.88 Å². The van der Waals surface area contributed by atoms with Crippen LogP contribution in [0.2, 0.25) is 0 Å². The maximum atomic E-state index is 12.2. The fourth-order valence-corrected chi connectivity index (χ4v) is 3.07. The van der Waals surface area contributed by atoms with Crippen LogP contribution >= 0.6 is 0 Å². The van der Waals surface area contributed by atoms with Crippen molar-refractivity contribution in [3.8, 4) is 0 Å². The van der Waals surface area contributed by atoms with E-state index >= 15 is 0 Å². The van der Waals surface area contributed by atoms with Crippen molar-refractivity contribution < 1.29 is 4.79 Å². The number of amides is 1. The van der Waals surface area contributed by atoms with Crippen LogP contribution < -0.4 is 5.32 Å². The van der Waals surface area contributed by atoms with Crippen molar-refractivity contribution in [1.29, 1.82) is 0 Å². The van der Waals surface area contributed by atoms with Crippen LogP contribution in [0, 0.1) is 11.8 Å². The van der Waals surface area contributed by atoms with Crippen LogP contribution in [0.3, 0.4) is 0 Å². The van der Waals surface area contributed by atoms with Gasteiger partial charge in [0, 0.05) is 25.1 Å². The van der Waals surface area contributed by atoms with Crippen molar-refractivity contribution >= 4 is 16.9 Å². The van der Waals surface area contributed by atoms with E-state index in [2.05, 4.69) is 30.7 Å². The number of nitrogens with one attached hydrogen (secondary N) is 1. The minimum absolute atomic E-state index is 0.00175. The van der Waals surface area contributed by atoms with Gasteiger partial charge in [0.2, 0.25) is 0 Å². The third kappa shape index (κ3) is 3.01. The maximum Gasteiger partial charge on any atom is 0.251 e. The molecule has 2 aromatic rings. The van der Waals surface area contributed by atoms with Gasteiger partial charge in [0.15, 0.2) is 0 Å². The highest BCUT2D eigenvalue weighted by atomic mass is 16.1. The normalized spacial score (nSPS) is 17.7. The van der Waals surface area contributed by atoms with Gasteiger partial charge in [-0.25, -0.2) is 4.98 Å². The molecule has 1 N–H and O–H groups in total. The molecule has 4 heteroatoms. The summed E-state index contributed by atoms with van der Waals surface area (Å²) < 4.78 is 2.30. The third-order valence-electron chi connectivity index (χ3n) is 4.47. The summed E-state index contributed by atoms with van der Waals surface area (Å²) in [5.74, 6) is 2.46. The molecule has 3 rings (SSSR count). The molecule has 0 unspecified atom stereocenters. The Morgan fingerprint density at radius 1 is 1.45 bits per heavy atom. The topological polar surface area (TPSA) is 46.9 Å². The number of hydrogen-bond donors (Lipinski definition) is 1. The minimum atomic E-state index is 0.00175. The third-order valence-corrected chi connectivity index (χ3v) is 4.47. The second-order valence-electron chi connectivity index (χ2n) is 6.92. The monoisotopic (exact) mass is 299 g/mol. The zero-order valence-electron chi connectivity index (χ0n) is 13.7. The van der Waals surface area contributed by atoms with Crippen LogP contribution in [0.1, 0.15) is 49.8 Å². The first-order chi connectivity index (χ1) is 10.5. The average molecular weight is 299 g/mol. The number of imidazole rings is 1. The smallest absolute Gasteiger partial charge is 0.251 e. The molecule has 2 heterocycles. The van der Waals surface area contributed by atoms with Gasteiger partial charge in [-0.2, -0.15) is 0 Å². The highest BCUT2D eigenvalue weighted by Crippen LogP contribution is 2.25. The largest absolute Gasteiger partial charge is 0.352 e. The SMILES string of the molecule is CC(C)CCNC(=O)c1ccc2c(c1)nc1n2CC[C@H](C)C1. The predicted molar refractivity (Wildman–Crippen MR) is 89.0 cm³/mol. The van der Waals surface area contributed by atoms with Crippen molar-refractivity contribution in [3.63, 3.8) is 0 Å². The zero-order chi connectivity index (χ0) is 15.7. The number of aromatic nitrogens is 2. The lowest BCUT2D eigenvalue weighted by atomic mass is 10.0. The Hall–Kier alpha value is -1.84. The van der Waals surface area contributed by atoms with Crippen LogP contribution in [0.25, 0.3) is 11.0 Å². The summed E-state index contributed by atoms with van der Waals surface area (Å²) in [7, 11) is 0. The van der Waals surface area contributed by atoms with E-state index in [1.807, 2.05) is 18.2 Å². The van der Waals surface area contributed by atoms with E-state index in [0.717, 1.165) is 42.8 Å². The van der Waals surface area contributed by atoms with Crippen LogP contribution in [-0.2, 0) is 13.0 Å². The molecular formula is C18H25N3O. The number of benzene rings is 1. The molecular weight excluding hydrogens is 274 g/mol. The van der Waals surface area contributed by atoms with Gasteiger partial charge >= 0.3 is 0 Å². The Kier molecular flexibility index (Phi) is 4.19. The number of nitrogens with zero attached hydrogens (tertiary/aromatic N) is 2. The van der Waals surface area contributed by atoms with E-state index in [4.69, 9.17) is 4.98 Å². The molecule has 0 saturated heterocycles. The molecule has 0 saturated carbocycles. The number of aryl methyl sites for hydroxylation is 1. The van der Waals surface area contributed by atoms with Gasteiger partial charge in [-0.1, -0.05) is 20.8 Å². The number of rotatable bonds is 4. The van der Waals surface area contributed by atoms with Crippen LogP contribution in [0.15, 0.2) is 18.2 Å². The molecule has 0 bridgehead atoms. The second-order valence-corrected chi connectivity index (χ2v) is 6.92. The first-order valence-corrected chi connectivity index (χ1v) is 8.32. The standard InChI is InChI=1S/C18H25N3O/c1-12(2)6-8-19-18(22)14-4-5-16-15(11-14)20-17-10-13(3)7-9-21(16)17/h4-5,11-13H,6-10H2,1-3H3,(H,19,22)/t13-/m0/s1. The van der Waals surface area contributed by atoms with E-state index in [0.29, 0.717) is 17.4 Å². The van der Waals surface area contributed by atoms with Gasteiger partial charge in [0.1, 0.15) is 5.82 Å². The van der Waals surface area contributed by atoms with E-state index in [1.54, 1.807) is 0 Å². The lowest BCUT2D eigenvalue weighted by Crippen LogP contribution is -2.25. The molecule has 1 amide bonds. The minimum Gasteiger partial charge on any atom is -0.352 e. The predicted octanol–water partition coefficient (Wildman–Crippen LogP) is 3.39. The molecule has 1 atom stereocenters. The van der Waals surface area contributed by atoms with Crippen molar-refractivity contribution in [1.82, 2.24) is 14.9 Å². The van der Waals surface area contributed by atoms with E-state index < -0.39 is 0 Å². The van der Waals surface area contributed by atoms with Gasteiger partial charge in [0.25, 0.3) is 5.91 Å². The van der Waals surface area contributed by atoms with Gasteiger partial charge in [-0.3, -0.25) is 4.79 Å². The van der Waals surface area contributed by atoms with Crippen molar-refractivity contribution in [2.75, 3.05) is 6.54 Å². The first-order valence-electron chi connectivity index (χ1n) is 8.32. The molecule has 118 valence electrons. The molecule has 4 nitrogen and oxygen atoms in total. The quantitative estimate of drug-likeness (QED) is 0.940. The van der Waals surface area contributed by atoms with Crippen molar-refractivity contribution in [2.24, 2.45) is 11.8 Å². The summed E-state index contributed by atoms with van der Waals surface area (Å²) in [4.78, 5) is 17.0. The van der Waals surface area contributed by atoms with Gasteiger partial charge in [0.05, 0.1) is 11.0 Å². The van der Waals surface area contributed by atoms with E-state index in [1.165, 1.54) is 6.42 Å². The van der Waals surface area contributed by atoms with E-state index in [9.17, 15) is 4.79 Å². The highest BCUT2D eigenvalue weighted by molar-refractivity contribution is 5.97. The summed E-state index contributed by atoms with van der Waals surface area (Å²) in [6.45, 7) is 8.36. The van der Waals surface area contributed by atoms with E-state index in [-0.39, 0.29) is 5.91 Å². The number of carbonyl (C=O) groups excluding carboxylic acids is 1. The fourth-order valence-electron chi connectivity index (χ4n) is 3.07. The molecule has 22 heavy (non-hydrogen) atoms. The van der Waals surface area contributed by atoms with Crippen LogP contribution in [-0.4, -0.2) is 22.0 Å². The Morgan fingerprint density at radius 3 is 3.05 bits per heavy atom. The summed E-state index contributed by atoms with van der Waals surface area (Å²) in [6.07, 6.45) is 3.24. The summed E-state index contributed by atoms with van der Waals surface area (Å²) in [6, 6.07) is 5.88. The number of fused-ring (bicyclic) bond motifs is 3. The van der Waals surface area contributed by atoms with Gasteiger partial charge in [-0.15, -0.1) is 0 Å². The molecule has 1 aliphatic rings. The fraction of sp³-hybridized carbons (Fsp3) is 0.556. The Balaban J connectivity index is 1.80. The number of hydrogen-bond acceptors (Lipinski definition) is 2. The first kappa shape index (κ1) is 15.1.